The molecular weight excluding hydrogens is 184 g/mol. The molecule has 0 aromatic carbocycles. The molecule has 0 amide bonds. The quantitative estimate of drug-likeness (QED) is 0.659. The van der Waals surface area contributed by atoms with Gasteiger partial charge in [0, 0.05) is 30.2 Å². The Morgan fingerprint density at radius 3 is 1.93 bits per heavy atom. The standard InChI is InChI=1S/C13H26N2/c1-12(2,3)11-10-7-9(14-10)8-15(11)13(4,5)6/h9-11,14H,7-8H2,1-6H3. The molecule has 0 radical (unpaired) electrons. The maximum Gasteiger partial charge on any atom is 0.0304 e. The molecule has 0 aromatic heterocycles. The van der Waals surface area contributed by atoms with Crippen LogP contribution in [0.1, 0.15) is 48.0 Å². The van der Waals surface area contributed by atoms with E-state index in [-0.39, 0.29) is 0 Å². The van der Waals surface area contributed by atoms with E-state index in [1.54, 1.807) is 0 Å². The second kappa shape index (κ2) is 3.21. The van der Waals surface area contributed by atoms with Crippen LogP contribution >= 0.6 is 0 Å². The highest BCUT2D eigenvalue weighted by Gasteiger charge is 2.51. The number of nitrogens with one attached hydrogen (secondary N) is 1. The fourth-order valence-electron chi connectivity index (χ4n) is 3.26. The second-order valence-electron chi connectivity index (χ2n) is 7.34. The SMILES string of the molecule is CC(C)(C)C1C2CC(CN1C(C)(C)C)N2. The molecule has 0 spiro atoms. The fraction of sp³-hybridized carbons (Fsp3) is 1.00. The van der Waals surface area contributed by atoms with Crippen LogP contribution in [0, 0.1) is 5.41 Å². The molecule has 0 aliphatic carbocycles. The van der Waals surface area contributed by atoms with Crippen LogP contribution in [0.25, 0.3) is 0 Å². The fourth-order valence-corrected chi connectivity index (χ4v) is 3.26. The Labute approximate surface area is 94.4 Å². The Bertz CT molecular complexity index is 240. The first-order valence-corrected chi connectivity index (χ1v) is 6.22. The Kier molecular flexibility index (Phi) is 2.44. The normalized spacial score (nSPS) is 37.6. The van der Waals surface area contributed by atoms with Crippen molar-refractivity contribution in [3.05, 3.63) is 0 Å². The van der Waals surface area contributed by atoms with Crippen molar-refractivity contribution >= 4 is 0 Å². The summed E-state index contributed by atoms with van der Waals surface area (Å²) in [6.45, 7) is 15.4. The number of rotatable bonds is 0. The molecule has 0 aromatic rings. The lowest BCUT2D eigenvalue weighted by Gasteiger charge is -2.61. The lowest BCUT2D eigenvalue weighted by molar-refractivity contribution is -0.0809. The highest BCUT2D eigenvalue weighted by atomic mass is 15.3. The molecule has 88 valence electrons. The summed E-state index contributed by atoms with van der Waals surface area (Å²) in [7, 11) is 0. The Balaban J connectivity index is 2.22. The first kappa shape index (κ1) is 11.4. The van der Waals surface area contributed by atoms with Crippen molar-refractivity contribution in [2.75, 3.05) is 6.54 Å². The predicted molar refractivity (Wildman–Crippen MR) is 65.0 cm³/mol. The van der Waals surface area contributed by atoms with Crippen molar-refractivity contribution in [2.45, 2.75) is 71.6 Å². The summed E-state index contributed by atoms with van der Waals surface area (Å²) in [4.78, 5) is 2.71. The molecule has 3 saturated heterocycles. The van der Waals surface area contributed by atoms with Crippen LogP contribution in [0.4, 0.5) is 0 Å². The van der Waals surface area contributed by atoms with E-state index in [0.717, 1.165) is 12.1 Å². The number of piperazine rings is 1. The molecule has 2 bridgehead atoms. The number of hydrogen-bond acceptors (Lipinski definition) is 2. The van der Waals surface area contributed by atoms with Crippen molar-refractivity contribution in [3.8, 4) is 0 Å². The lowest BCUT2D eigenvalue weighted by Crippen LogP contribution is -2.76. The molecule has 3 aliphatic heterocycles. The molecule has 3 heterocycles. The molecular formula is C13H26N2. The molecule has 3 fully saturated rings. The average molecular weight is 210 g/mol. The van der Waals surface area contributed by atoms with Gasteiger partial charge in [0.05, 0.1) is 0 Å². The molecule has 1 N–H and O–H groups in total. The van der Waals surface area contributed by atoms with Gasteiger partial charge in [0.15, 0.2) is 0 Å². The van der Waals surface area contributed by atoms with E-state index >= 15 is 0 Å². The van der Waals surface area contributed by atoms with E-state index in [2.05, 4.69) is 51.8 Å². The van der Waals surface area contributed by atoms with Gasteiger partial charge in [-0.25, -0.2) is 0 Å². The highest BCUT2D eigenvalue weighted by molar-refractivity contribution is 5.10. The van der Waals surface area contributed by atoms with E-state index in [0.29, 0.717) is 17.0 Å². The van der Waals surface area contributed by atoms with E-state index in [9.17, 15) is 0 Å². The van der Waals surface area contributed by atoms with Gasteiger partial charge in [0.25, 0.3) is 0 Å². The van der Waals surface area contributed by atoms with Crippen molar-refractivity contribution in [3.63, 3.8) is 0 Å². The largest absolute Gasteiger partial charge is 0.308 e. The molecule has 3 atom stereocenters. The average Bonchev–Trinajstić information content (AvgIpc) is 1.98. The maximum atomic E-state index is 3.70. The van der Waals surface area contributed by atoms with Gasteiger partial charge in [-0.1, -0.05) is 20.8 Å². The second-order valence-corrected chi connectivity index (χ2v) is 7.34. The van der Waals surface area contributed by atoms with Crippen LogP contribution in [-0.4, -0.2) is 35.1 Å². The zero-order valence-electron chi connectivity index (χ0n) is 11.1. The molecule has 15 heavy (non-hydrogen) atoms. The topological polar surface area (TPSA) is 15.3 Å². The zero-order chi connectivity index (χ0) is 11.4. The van der Waals surface area contributed by atoms with Crippen LogP contribution in [0.2, 0.25) is 0 Å². The summed E-state index contributed by atoms with van der Waals surface area (Å²) in [6, 6.07) is 2.17. The molecule has 2 heteroatoms. The van der Waals surface area contributed by atoms with E-state index in [1.165, 1.54) is 13.0 Å². The van der Waals surface area contributed by atoms with Crippen molar-refractivity contribution in [1.29, 1.82) is 0 Å². The number of fused-ring (bicyclic) bond motifs is 2. The molecule has 0 saturated carbocycles. The Morgan fingerprint density at radius 1 is 1.07 bits per heavy atom. The summed E-state index contributed by atoms with van der Waals surface area (Å²) < 4.78 is 0. The van der Waals surface area contributed by atoms with E-state index in [4.69, 9.17) is 0 Å². The van der Waals surface area contributed by atoms with Crippen molar-refractivity contribution in [2.24, 2.45) is 5.41 Å². The molecule has 3 rings (SSSR count). The minimum Gasteiger partial charge on any atom is -0.308 e. The third kappa shape index (κ3) is 1.94. The summed E-state index contributed by atoms with van der Waals surface area (Å²) in [6.07, 6.45) is 1.38. The van der Waals surface area contributed by atoms with Crippen LogP contribution < -0.4 is 5.32 Å². The first-order chi connectivity index (χ1) is 6.69. The van der Waals surface area contributed by atoms with Gasteiger partial charge < -0.3 is 5.32 Å². The van der Waals surface area contributed by atoms with Crippen LogP contribution in [0.5, 0.6) is 0 Å². The van der Waals surface area contributed by atoms with Gasteiger partial charge >= 0.3 is 0 Å². The van der Waals surface area contributed by atoms with Crippen molar-refractivity contribution < 1.29 is 0 Å². The van der Waals surface area contributed by atoms with Crippen LogP contribution in [-0.2, 0) is 0 Å². The first-order valence-electron chi connectivity index (χ1n) is 6.22. The zero-order valence-corrected chi connectivity index (χ0v) is 11.1. The summed E-state index contributed by atoms with van der Waals surface area (Å²) in [5.41, 5.74) is 0.674. The molecule has 3 unspecified atom stereocenters. The minimum absolute atomic E-state index is 0.303. The van der Waals surface area contributed by atoms with Crippen LogP contribution in [0.3, 0.4) is 0 Å². The van der Waals surface area contributed by atoms with Gasteiger partial charge in [0.1, 0.15) is 0 Å². The predicted octanol–water partition coefficient (Wildman–Crippen LogP) is 2.25. The highest BCUT2D eigenvalue weighted by Crippen LogP contribution is 2.40. The van der Waals surface area contributed by atoms with Gasteiger partial charge in [-0.05, 0) is 32.6 Å². The van der Waals surface area contributed by atoms with Gasteiger partial charge in [-0.3, -0.25) is 4.90 Å². The third-order valence-corrected chi connectivity index (χ3v) is 3.87. The monoisotopic (exact) mass is 210 g/mol. The summed E-state index contributed by atoms with van der Waals surface area (Å²) in [5, 5.41) is 3.70. The maximum absolute atomic E-state index is 3.70. The van der Waals surface area contributed by atoms with Gasteiger partial charge in [0.2, 0.25) is 0 Å². The number of piperidine rings is 1. The van der Waals surface area contributed by atoms with E-state index < -0.39 is 0 Å². The minimum atomic E-state index is 0.303. The van der Waals surface area contributed by atoms with Crippen LogP contribution in [0.15, 0.2) is 0 Å². The number of nitrogens with zero attached hydrogens (tertiary/aromatic N) is 1. The third-order valence-electron chi connectivity index (χ3n) is 3.87. The van der Waals surface area contributed by atoms with Crippen molar-refractivity contribution in [1.82, 2.24) is 10.2 Å². The molecule has 2 nitrogen and oxygen atoms in total. The smallest absolute Gasteiger partial charge is 0.0304 e. The summed E-state index contributed by atoms with van der Waals surface area (Å²) >= 11 is 0. The lowest BCUT2D eigenvalue weighted by atomic mass is 9.71. The van der Waals surface area contributed by atoms with Gasteiger partial charge in [-0.15, -0.1) is 0 Å². The van der Waals surface area contributed by atoms with E-state index in [1.807, 2.05) is 0 Å². The Hall–Kier alpha value is -0.0800. The van der Waals surface area contributed by atoms with Gasteiger partial charge in [-0.2, -0.15) is 0 Å². The Morgan fingerprint density at radius 2 is 1.60 bits per heavy atom. The number of hydrogen-bond donors (Lipinski definition) is 1. The summed E-state index contributed by atoms with van der Waals surface area (Å²) in [5.74, 6) is 0. The molecule has 3 aliphatic rings.